The average molecular weight is 472 g/mol. The zero-order valence-electron chi connectivity index (χ0n) is 19.3. The minimum Gasteiger partial charge on any atom is -0.405 e. The molecule has 1 heterocycles. The highest BCUT2D eigenvalue weighted by Crippen LogP contribution is 2.48. The van der Waals surface area contributed by atoms with E-state index in [1.165, 1.54) is 24.3 Å². The average Bonchev–Trinajstić information content (AvgIpc) is 3.35. The molecule has 1 aliphatic carbocycles. The SMILES string of the molecule is C=CC=C=C(N=C(C)N=C/C=C\C)C(=O)N1C[C@H]2CC(c3ccccc3OC(F)(F)F)C[C@H]2C1. The van der Waals surface area contributed by atoms with Crippen molar-refractivity contribution in [2.24, 2.45) is 21.8 Å². The molecule has 5 nitrogen and oxygen atoms in total. The number of carbonyl (C=O) groups is 1. The molecule has 3 atom stereocenters. The van der Waals surface area contributed by atoms with Crippen molar-refractivity contribution in [3.63, 3.8) is 0 Å². The number of aliphatic imine (C=N–C) groups is 2. The number of amides is 1. The molecule has 1 saturated carbocycles. The molecule has 2 aliphatic rings. The Kier molecular flexibility index (Phi) is 8.29. The number of likely N-dealkylation sites (tertiary alicyclic amines) is 1. The second-order valence-corrected chi connectivity index (χ2v) is 8.34. The molecular weight excluding hydrogens is 443 g/mol. The number of para-hydroxylation sites is 1. The fourth-order valence-corrected chi connectivity index (χ4v) is 4.61. The molecule has 180 valence electrons. The van der Waals surface area contributed by atoms with E-state index >= 15 is 0 Å². The first-order valence-corrected chi connectivity index (χ1v) is 11.1. The van der Waals surface area contributed by atoms with Crippen LogP contribution in [0.4, 0.5) is 13.2 Å². The fourth-order valence-electron chi connectivity index (χ4n) is 4.61. The number of rotatable bonds is 6. The van der Waals surface area contributed by atoms with Crippen molar-refractivity contribution in [1.82, 2.24) is 4.90 Å². The van der Waals surface area contributed by atoms with E-state index in [0.717, 1.165) is 0 Å². The van der Waals surface area contributed by atoms with Crippen LogP contribution in [-0.4, -0.2) is 42.3 Å². The first-order chi connectivity index (χ1) is 16.2. The molecule has 2 fully saturated rings. The van der Waals surface area contributed by atoms with Crippen LogP contribution in [0.15, 0.2) is 76.6 Å². The van der Waals surface area contributed by atoms with E-state index in [1.54, 1.807) is 36.2 Å². The van der Waals surface area contributed by atoms with Crippen LogP contribution in [-0.2, 0) is 4.79 Å². The predicted octanol–water partition coefficient (Wildman–Crippen LogP) is 5.83. The van der Waals surface area contributed by atoms with Crippen molar-refractivity contribution in [2.75, 3.05) is 13.1 Å². The van der Waals surface area contributed by atoms with E-state index in [1.807, 2.05) is 13.0 Å². The first-order valence-electron chi connectivity index (χ1n) is 11.1. The summed E-state index contributed by atoms with van der Waals surface area (Å²) in [6.45, 7) is 8.24. The molecule has 1 unspecified atom stereocenters. The number of halogens is 3. The molecule has 3 rings (SSSR count). The third-order valence-electron chi connectivity index (χ3n) is 5.98. The van der Waals surface area contributed by atoms with Gasteiger partial charge in [-0.25, -0.2) is 9.98 Å². The molecule has 8 heteroatoms. The molecule has 0 spiro atoms. The van der Waals surface area contributed by atoms with Gasteiger partial charge in [-0.15, -0.1) is 13.2 Å². The summed E-state index contributed by atoms with van der Waals surface area (Å²) in [6, 6.07) is 6.32. The zero-order chi connectivity index (χ0) is 24.7. The topological polar surface area (TPSA) is 54.3 Å². The van der Waals surface area contributed by atoms with Gasteiger partial charge in [-0.1, -0.05) is 42.7 Å². The summed E-state index contributed by atoms with van der Waals surface area (Å²) in [5.74, 6) is 0.405. The number of alkyl halides is 3. The van der Waals surface area contributed by atoms with E-state index in [-0.39, 0.29) is 35.1 Å². The van der Waals surface area contributed by atoms with Crippen LogP contribution in [0.2, 0.25) is 0 Å². The number of carbonyl (C=O) groups excluding carboxylic acids is 1. The fraction of sp³-hybridized carbons (Fsp3) is 0.385. The maximum Gasteiger partial charge on any atom is 0.573 e. The molecule has 1 aliphatic heterocycles. The molecule has 1 saturated heterocycles. The van der Waals surface area contributed by atoms with E-state index in [4.69, 9.17) is 0 Å². The monoisotopic (exact) mass is 471 g/mol. The van der Waals surface area contributed by atoms with Gasteiger partial charge in [0.05, 0.1) is 0 Å². The summed E-state index contributed by atoms with van der Waals surface area (Å²) in [4.78, 5) is 23.4. The molecule has 0 N–H and O–H groups in total. The molecule has 1 aromatic rings. The Morgan fingerprint density at radius 1 is 1.24 bits per heavy atom. The number of fused-ring (bicyclic) bond motifs is 1. The summed E-state index contributed by atoms with van der Waals surface area (Å²) in [7, 11) is 0. The minimum atomic E-state index is -4.73. The van der Waals surface area contributed by atoms with Crippen LogP contribution in [0.1, 0.15) is 38.2 Å². The number of hydrogen-bond donors (Lipinski definition) is 0. The Balaban J connectivity index is 1.71. The van der Waals surface area contributed by atoms with E-state index in [0.29, 0.717) is 37.3 Å². The number of allylic oxidation sites excluding steroid dienone is 3. The van der Waals surface area contributed by atoms with Gasteiger partial charge in [0.2, 0.25) is 0 Å². The van der Waals surface area contributed by atoms with Gasteiger partial charge >= 0.3 is 6.36 Å². The van der Waals surface area contributed by atoms with Crippen LogP contribution >= 0.6 is 0 Å². The summed E-state index contributed by atoms with van der Waals surface area (Å²) in [5, 5.41) is 0. The van der Waals surface area contributed by atoms with Crippen molar-refractivity contribution in [1.29, 1.82) is 0 Å². The number of hydrogen-bond acceptors (Lipinski definition) is 3. The van der Waals surface area contributed by atoms with Crippen molar-refractivity contribution in [3.05, 3.63) is 72.1 Å². The number of ether oxygens (including phenoxy) is 1. The summed E-state index contributed by atoms with van der Waals surface area (Å²) in [5.41, 5.74) is 3.60. The first kappa shape index (κ1) is 25.2. The van der Waals surface area contributed by atoms with Crippen LogP contribution in [0, 0.1) is 11.8 Å². The lowest BCUT2D eigenvalue weighted by molar-refractivity contribution is -0.275. The van der Waals surface area contributed by atoms with Crippen molar-refractivity contribution < 1.29 is 22.7 Å². The molecular formula is C26H28F3N3O2. The van der Waals surface area contributed by atoms with E-state index in [9.17, 15) is 18.0 Å². The second kappa shape index (κ2) is 11.2. The maximum atomic E-state index is 13.2. The highest BCUT2D eigenvalue weighted by molar-refractivity contribution is 5.98. The van der Waals surface area contributed by atoms with Crippen LogP contribution in [0.5, 0.6) is 5.75 Å². The second-order valence-electron chi connectivity index (χ2n) is 8.34. The van der Waals surface area contributed by atoms with Crippen LogP contribution in [0.3, 0.4) is 0 Å². The van der Waals surface area contributed by atoms with Crippen molar-refractivity contribution >= 4 is 18.0 Å². The van der Waals surface area contributed by atoms with Gasteiger partial charge in [0.15, 0.2) is 5.70 Å². The Morgan fingerprint density at radius 3 is 2.53 bits per heavy atom. The van der Waals surface area contributed by atoms with Crippen LogP contribution in [0.25, 0.3) is 0 Å². The largest absolute Gasteiger partial charge is 0.573 e. The summed E-state index contributed by atoms with van der Waals surface area (Å²) < 4.78 is 42.7. The lowest BCUT2D eigenvalue weighted by Gasteiger charge is -2.21. The van der Waals surface area contributed by atoms with Crippen molar-refractivity contribution in [3.8, 4) is 5.75 Å². The Morgan fingerprint density at radius 2 is 1.91 bits per heavy atom. The molecule has 0 aromatic heterocycles. The highest BCUT2D eigenvalue weighted by Gasteiger charge is 2.44. The van der Waals surface area contributed by atoms with Crippen molar-refractivity contribution in [2.45, 2.75) is 39.0 Å². The van der Waals surface area contributed by atoms with Gasteiger partial charge in [0.1, 0.15) is 11.6 Å². The summed E-state index contributed by atoms with van der Waals surface area (Å²) in [6.07, 6.45) is 4.91. The smallest absolute Gasteiger partial charge is 0.405 e. The molecule has 0 radical (unpaired) electrons. The molecule has 0 bridgehead atoms. The van der Waals surface area contributed by atoms with Gasteiger partial charge in [0, 0.05) is 19.3 Å². The van der Waals surface area contributed by atoms with Crippen LogP contribution < -0.4 is 4.74 Å². The number of amidine groups is 1. The Labute approximate surface area is 197 Å². The van der Waals surface area contributed by atoms with Gasteiger partial charge in [-0.3, -0.25) is 4.79 Å². The molecule has 1 aromatic carbocycles. The third-order valence-corrected chi connectivity index (χ3v) is 5.98. The highest BCUT2D eigenvalue weighted by atomic mass is 19.4. The minimum absolute atomic E-state index is 0.0392. The van der Waals surface area contributed by atoms with Gasteiger partial charge in [-0.05, 0) is 68.2 Å². The third kappa shape index (κ3) is 6.58. The number of nitrogens with zero attached hydrogens (tertiary/aromatic N) is 3. The lowest BCUT2D eigenvalue weighted by atomic mass is 9.95. The van der Waals surface area contributed by atoms with E-state index in [2.05, 4.69) is 27.0 Å². The summed E-state index contributed by atoms with van der Waals surface area (Å²) >= 11 is 0. The quantitative estimate of drug-likeness (QED) is 0.172. The molecule has 1 amide bonds. The maximum absolute atomic E-state index is 13.2. The van der Waals surface area contributed by atoms with Gasteiger partial charge in [-0.2, -0.15) is 0 Å². The Hall–Kier alpha value is -3.38. The number of benzene rings is 1. The Bertz CT molecular complexity index is 1050. The standard InChI is InChI=1S/C26H28F3N3O2/c1-4-6-11-23(31-18(3)30-13-7-5-2)25(33)32-16-20-14-19(15-21(20)17-32)22-10-8-9-12-24(22)34-26(27,28)29/h4-10,12-13,19-21H,1,14-17H2,2-3H3/b7-5-,30-13?,31-18?/t11?,19?,20-,21+. The lowest BCUT2D eigenvalue weighted by Crippen LogP contribution is -2.30. The van der Waals surface area contributed by atoms with Gasteiger partial charge in [0.25, 0.3) is 5.91 Å². The van der Waals surface area contributed by atoms with Gasteiger partial charge < -0.3 is 9.64 Å². The molecule has 34 heavy (non-hydrogen) atoms. The van der Waals surface area contributed by atoms with E-state index < -0.39 is 6.36 Å². The predicted molar refractivity (Wildman–Crippen MR) is 127 cm³/mol. The zero-order valence-corrected chi connectivity index (χ0v) is 19.3. The normalized spacial score (nSPS) is 22.7.